The standard InChI is InChI=1S/C14H14ClN3/c1-10-2-6-12(7-3-10)17-14(16)18-13-8-4-11(15)5-9-13/h2-9H,1H3,(H3,16,17,18). The Morgan fingerprint density at radius 1 is 1.06 bits per heavy atom. The lowest BCUT2D eigenvalue weighted by Crippen LogP contribution is -2.21. The largest absolute Gasteiger partial charge is 0.369 e. The highest BCUT2D eigenvalue weighted by Crippen LogP contribution is 2.15. The van der Waals surface area contributed by atoms with Crippen LogP contribution in [0.3, 0.4) is 0 Å². The van der Waals surface area contributed by atoms with Crippen molar-refractivity contribution in [2.24, 2.45) is 10.7 Å². The number of aliphatic imine (C=N–C) groups is 1. The fraction of sp³-hybridized carbons (Fsp3) is 0.0714. The van der Waals surface area contributed by atoms with Gasteiger partial charge >= 0.3 is 0 Å². The molecule has 18 heavy (non-hydrogen) atoms. The number of guanidine groups is 1. The molecule has 0 aliphatic heterocycles. The molecule has 2 aromatic carbocycles. The van der Waals surface area contributed by atoms with Crippen molar-refractivity contribution >= 4 is 28.9 Å². The lowest BCUT2D eigenvalue weighted by Gasteiger charge is -2.05. The van der Waals surface area contributed by atoms with Crippen molar-refractivity contribution in [1.29, 1.82) is 0 Å². The normalized spacial score (nSPS) is 11.3. The van der Waals surface area contributed by atoms with Gasteiger partial charge in [0.25, 0.3) is 0 Å². The van der Waals surface area contributed by atoms with Crippen LogP contribution in [0, 0.1) is 6.92 Å². The number of aryl methyl sites for hydroxylation is 1. The topological polar surface area (TPSA) is 50.4 Å². The maximum absolute atomic E-state index is 5.82. The summed E-state index contributed by atoms with van der Waals surface area (Å²) in [5, 5.41) is 3.69. The summed E-state index contributed by atoms with van der Waals surface area (Å²) in [6.45, 7) is 2.03. The van der Waals surface area contributed by atoms with Crippen LogP contribution in [0.15, 0.2) is 53.5 Å². The predicted octanol–water partition coefficient (Wildman–Crippen LogP) is 3.71. The molecule has 0 heterocycles. The zero-order valence-electron chi connectivity index (χ0n) is 10.0. The second-order valence-electron chi connectivity index (χ2n) is 3.96. The SMILES string of the molecule is Cc1ccc(N=C(N)Nc2ccc(Cl)cc2)cc1. The third-order valence-corrected chi connectivity index (χ3v) is 2.65. The van der Waals surface area contributed by atoms with Crippen LogP contribution in [0.1, 0.15) is 5.56 Å². The van der Waals surface area contributed by atoms with E-state index in [1.807, 2.05) is 43.3 Å². The number of nitrogens with two attached hydrogens (primary N) is 1. The number of benzene rings is 2. The molecule has 4 heteroatoms. The van der Waals surface area contributed by atoms with Crippen LogP contribution in [0.4, 0.5) is 11.4 Å². The number of rotatable bonds is 2. The molecule has 0 radical (unpaired) electrons. The minimum absolute atomic E-state index is 0.348. The van der Waals surface area contributed by atoms with Crippen molar-refractivity contribution < 1.29 is 0 Å². The first-order valence-electron chi connectivity index (χ1n) is 5.57. The summed E-state index contributed by atoms with van der Waals surface area (Å²) in [7, 11) is 0. The van der Waals surface area contributed by atoms with Gasteiger partial charge in [0, 0.05) is 10.7 Å². The molecular weight excluding hydrogens is 246 g/mol. The fourth-order valence-electron chi connectivity index (χ4n) is 1.47. The van der Waals surface area contributed by atoms with E-state index in [0.29, 0.717) is 11.0 Å². The van der Waals surface area contributed by atoms with E-state index in [2.05, 4.69) is 10.3 Å². The van der Waals surface area contributed by atoms with Crippen LogP contribution in [0.25, 0.3) is 0 Å². The summed E-state index contributed by atoms with van der Waals surface area (Å²) >= 11 is 5.80. The first-order chi connectivity index (χ1) is 8.63. The molecule has 0 fully saturated rings. The van der Waals surface area contributed by atoms with Gasteiger partial charge in [-0.3, -0.25) is 0 Å². The molecule has 2 rings (SSSR count). The molecule has 92 valence electrons. The number of hydrogen-bond acceptors (Lipinski definition) is 1. The number of anilines is 1. The molecule has 0 amide bonds. The van der Waals surface area contributed by atoms with Crippen LogP contribution < -0.4 is 11.1 Å². The van der Waals surface area contributed by atoms with Gasteiger partial charge in [-0.2, -0.15) is 0 Å². The van der Waals surface area contributed by atoms with Crippen molar-refractivity contribution in [3.63, 3.8) is 0 Å². The zero-order valence-corrected chi connectivity index (χ0v) is 10.8. The van der Waals surface area contributed by atoms with Gasteiger partial charge in [-0.05, 0) is 43.3 Å². The molecular formula is C14H14ClN3. The van der Waals surface area contributed by atoms with E-state index in [0.717, 1.165) is 11.4 Å². The predicted molar refractivity (Wildman–Crippen MR) is 77.5 cm³/mol. The summed E-state index contributed by atoms with van der Waals surface area (Å²) in [6, 6.07) is 15.1. The van der Waals surface area contributed by atoms with E-state index in [1.165, 1.54) is 5.56 Å². The Kier molecular flexibility index (Phi) is 3.85. The van der Waals surface area contributed by atoms with Crippen LogP contribution in [0.2, 0.25) is 5.02 Å². The average Bonchev–Trinajstić information content (AvgIpc) is 2.35. The van der Waals surface area contributed by atoms with E-state index < -0.39 is 0 Å². The Labute approximate surface area is 111 Å². The number of halogens is 1. The average molecular weight is 260 g/mol. The van der Waals surface area contributed by atoms with Crippen LogP contribution in [-0.2, 0) is 0 Å². The molecule has 0 atom stereocenters. The lowest BCUT2D eigenvalue weighted by atomic mass is 10.2. The van der Waals surface area contributed by atoms with Gasteiger partial charge in [-0.15, -0.1) is 0 Å². The highest BCUT2D eigenvalue weighted by atomic mass is 35.5. The summed E-state index contributed by atoms with van der Waals surface area (Å²) in [6.07, 6.45) is 0. The zero-order chi connectivity index (χ0) is 13.0. The Hall–Kier alpha value is -2.00. The van der Waals surface area contributed by atoms with Crippen molar-refractivity contribution in [2.75, 3.05) is 5.32 Å². The monoisotopic (exact) mass is 259 g/mol. The van der Waals surface area contributed by atoms with Crippen LogP contribution in [0.5, 0.6) is 0 Å². The molecule has 3 nitrogen and oxygen atoms in total. The molecule has 0 aromatic heterocycles. The van der Waals surface area contributed by atoms with Gasteiger partial charge in [0.05, 0.1) is 5.69 Å². The summed E-state index contributed by atoms with van der Waals surface area (Å²) < 4.78 is 0. The molecule has 0 unspecified atom stereocenters. The molecule has 0 saturated heterocycles. The van der Waals surface area contributed by atoms with Gasteiger partial charge in [-0.25, -0.2) is 4.99 Å². The smallest absolute Gasteiger partial charge is 0.198 e. The molecule has 0 bridgehead atoms. The minimum Gasteiger partial charge on any atom is -0.369 e. The number of hydrogen-bond donors (Lipinski definition) is 2. The Morgan fingerprint density at radius 3 is 2.28 bits per heavy atom. The quantitative estimate of drug-likeness (QED) is 0.638. The summed E-state index contributed by atoms with van der Waals surface area (Å²) in [5.41, 5.74) is 8.69. The second-order valence-corrected chi connectivity index (χ2v) is 4.40. The molecule has 0 spiro atoms. The Balaban J connectivity index is 2.09. The Bertz CT molecular complexity index is 544. The summed E-state index contributed by atoms with van der Waals surface area (Å²) in [5.74, 6) is 0.348. The second kappa shape index (κ2) is 5.56. The van der Waals surface area contributed by atoms with Gasteiger partial charge in [0.2, 0.25) is 0 Å². The molecule has 2 aromatic rings. The van der Waals surface area contributed by atoms with Gasteiger partial charge in [-0.1, -0.05) is 29.3 Å². The maximum atomic E-state index is 5.82. The van der Waals surface area contributed by atoms with E-state index >= 15 is 0 Å². The van der Waals surface area contributed by atoms with Crippen LogP contribution in [-0.4, -0.2) is 5.96 Å². The lowest BCUT2D eigenvalue weighted by molar-refractivity contribution is 1.40. The van der Waals surface area contributed by atoms with Crippen molar-refractivity contribution in [3.05, 3.63) is 59.1 Å². The van der Waals surface area contributed by atoms with E-state index in [9.17, 15) is 0 Å². The molecule has 0 saturated carbocycles. The number of nitrogens with zero attached hydrogens (tertiary/aromatic N) is 1. The van der Waals surface area contributed by atoms with E-state index in [4.69, 9.17) is 17.3 Å². The maximum Gasteiger partial charge on any atom is 0.198 e. The molecule has 0 aliphatic carbocycles. The third-order valence-electron chi connectivity index (χ3n) is 2.40. The van der Waals surface area contributed by atoms with Crippen molar-refractivity contribution in [3.8, 4) is 0 Å². The minimum atomic E-state index is 0.348. The third kappa shape index (κ3) is 3.50. The molecule has 0 aliphatic rings. The van der Waals surface area contributed by atoms with E-state index in [1.54, 1.807) is 12.1 Å². The van der Waals surface area contributed by atoms with E-state index in [-0.39, 0.29) is 0 Å². The summed E-state index contributed by atoms with van der Waals surface area (Å²) in [4.78, 5) is 4.27. The van der Waals surface area contributed by atoms with Gasteiger partial charge < -0.3 is 11.1 Å². The van der Waals surface area contributed by atoms with Crippen molar-refractivity contribution in [1.82, 2.24) is 0 Å². The highest BCUT2D eigenvalue weighted by molar-refractivity contribution is 6.30. The van der Waals surface area contributed by atoms with Gasteiger partial charge in [0.15, 0.2) is 5.96 Å². The highest BCUT2D eigenvalue weighted by Gasteiger charge is 1.96. The van der Waals surface area contributed by atoms with Crippen molar-refractivity contribution in [2.45, 2.75) is 6.92 Å². The Morgan fingerprint density at radius 2 is 1.67 bits per heavy atom. The first-order valence-corrected chi connectivity index (χ1v) is 5.95. The van der Waals surface area contributed by atoms with Crippen LogP contribution >= 0.6 is 11.6 Å². The van der Waals surface area contributed by atoms with Gasteiger partial charge in [0.1, 0.15) is 0 Å². The fourth-order valence-corrected chi connectivity index (χ4v) is 1.59. The molecule has 3 N–H and O–H groups in total. The number of nitrogens with one attached hydrogen (secondary N) is 1. The first kappa shape index (κ1) is 12.5.